The Labute approximate surface area is 129 Å². The van der Waals surface area contributed by atoms with Gasteiger partial charge in [0.1, 0.15) is 0 Å². The van der Waals surface area contributed by atoms with Crippen molar-refractivity contribution < 1.29 is 17.9 Å². The quantitative estimate of drug-likeness (QED) is 0.922. The Balaban J connectivity index is 2.23. The van der Waals surface area contributed by atoms with E-state index in [2.05, 4.69) is 25.0 Å². The Bertz CT molecular complexity index is 659. The minimum atomic E-state index is -4.49. The number of para-hydroxylation sites is 1. The van der Waals surface area contributed by atoms with Crippen LogP contribution in [0.5, 0.6) is 6.01 Å². The molecule has 0 radical (unpaired) electrons. The summed E-state index contributed by atoms with van der Waals surface area (Å²) in [4.78, 5) is 11.1. The summed E-state index contributed by atoms with van der Waals surface area (Å²) in [6.45, 7) is 2.24. The molecule has 0 atom stereocenters. The second kappa shape index (κ2) is 6.35. The maximum Gasteiger partial charge on any atom is 0.422 e. The van der Waals surface area contributed by atoms with Crippen molar-refractivity contribution in [2.45, 2.75) is 20.0 Å². The lowest BCUT2D eigenvalue weighted by Gasteiger charge is -2.12. The summed E-state index contributed by atoms with van der Waals surface area (Å²) in [6, 6.07) is 5.14. The van der Waals surface area contributed by atoms with Gasteiger partial charge >= 0.3 is 12.2 Å². The van der Waals surface area contributed by atoms with Crippen LogP contribution in [0.1, 0.15) is 11.1 Å². The summed E-state index contributed by atoms with van der Waals surface area (Å²) >= 11 is 5.68. The van der Waals surface area contributed by atoms with Gasteiger partial charge in [0.05, 0.1) is 0 Å². The average molecular weight is 333 g/mol. The second-order valence-corrected chi connectivity index (χ2v) is 4.84. The molecule has 5 nitrogen and oxygen atoms in total. The first-order valence-corrected chi connectivity index (χ1v) is 6.57. The van der Waals surface area contributed by atoms with Crippen LogP contribution in [0, 0.1) is 13.8 Å². The molecule has 22 heavy (non-hydrogen) atoms. The van der Waals surface area contributed by atoms with Gasteiger partial charge in [0.15, 0.2) is 6.61 Å². The summed E-state index contributed by atoms with van der Waals surface area (Å²) < 4.78 is 40.9. The van der Waals surface area contributed by atoms with Gasteiger partial charge in [0, 0.05) is 5.69 Å². The number of nitrogens with zero attached hydrogens (tertiary/aromatic N) is 3. The fraction of sp³-hybridized carbons (Fsp3) is 0.308. The number of halogens is 4. The number of nitrogens with one attached hydrogen (secondary N) is 1. The Kier molecular flexibility index (Phi) is 4.70. The third-order valence-corrected chi connectivity index (χ3v) is 2.84. The lowest BCUT2D eigenvalue weighted by molar-refractivity contribution is -0.154. The molecule has 0 aliphatic carbocycles. The van der Waals surface area contributed by atoms with Crippen LogP contribution >= 0.6 is 11.6 Å². The van der Waals surface area contributed by atoms with Crippen molar-refractivity contribution in [2.75, 3.05) is 11.9 Å². The van der Waals surface area contributed by atoms with Gasteiger partial charge in [-0.2, -0.15) is 28.1 Å². The number of aromatic nitrogens is 3. The van der Waals surface area contributed by atoms with E-state index in [9.17, 15) is 13.2 Å². The molecule has 0 unspecified atom stereocenters. The van der Waals surface area contributed by atoms with Crippen LogP contribution in [0.2, 0.25) is 5.28 Å². The molecule has 0 aliphatic heterocycles. The van der Waals surface area contributed by atoms with Gasteiger partial charge in [-0.25, -0.2) is 0 Å². The normalized spacial score (nSPS) is 11.4. The Hall–Kier alpha value is -2.09. The van der Waals surface area contributed by atoms with Crippen LogP contribution in [0.4, 0.5) is 24.8 Å². The fourth-order valence-corrected chi connectivity index (χ4v) is 1.87. The highest BCUT2D eigenvalue weighted by Crippen LogP contribution is 2.24. The van der Waals surface area contributed by atoms with Crippen LogP contribution in [-0.2, 0) is 0 Å². The Morgan fingerprint density at radius 3 is 2.36 bits per heavy atom. The molecule has 118 valence electrons. The SMILES string of the molecule is Cc1cccc(C)c1Nc1nc(Cl)nc(OCC(F)(F)F)n1. The standard InChI is InChI=1S/C13H12ClF3N4O/c1-7-4-3-5-8(2)9(7)18-11-19-10(14)20-12(21-11)22-6-13(15,16)17/h3-5H,6H2,1-2H3,(H,18,19,20,21). The number of alkyl halides is 3. The van der Waals surface area contributed by atoms with Gasteiger partial charge < -0.3 is 10.1 Å². The van der Waals surface area contributed by atoms with Crippen molar-refractivity contribution >= 4 is 23.2 Å². The number of benzene rings is 1. The van der Waals surface area contributed by atoms with Crippen molar-refractivity contribution in [3.05, 3.63) is 34.6 Å². The van der Waals surface area contributed by atoms with E-state index in [0.29, 0.717) is 0 Å². The maximum absolute atomic E-state index is 12.2. The Morgan fingerprint density at radius 2 is 1.77 bits per heavy atom. The lowest BCUT2D eigenvalue weighted by Crippen LogP contribution is -2.20. The highest BCUT2D eigenvalue weighted by molar-refractivity contribution is 6.28. The smallest absolute Gasteiger partial charge is 0.422 e. The van der Waals surface area contributed by atoms with Crippen molar-refractivity contribution in [2.24, 2.45) is 0 Å². The average Bonchev–Trinajstić information content (AvgIpc) is 2.40. The molecule has 1 aromatic heterocycles. The molecule has 0 bridgehead atoms. The largest absolute Gasteiger partial charge is 0.454 e. The first-order chi connectivity index (χ1) is 10.2. The number of anilines is 2. The van der Waals surface area contributed by atoms with E-state index in [-0.39, 0.29) is 11.2 Å². The van der Waals surface area contributed by atoms with Crippen molar-refractivity contribution in [1.82, 2.24) is 15.0 Å². The van der Waals surface area contributed by atoms with Crippen LogP contribution in [-0.4, -0.2) is 27.7 Å². The zero-order valence-corrected chi connectivity index (χ0v) is 12.5. The minimum Gasteiger partial charge on any atom is -0.454 e. The van der Waals surface area contributed by atoms with Gasteiger partial charge in [-0.3, -0.25) is 0 Å². The summed E-state index contributed by atoms with van der Waals surface area (Å²) in [5, 5.41) is 2.65. The number of hydrogen-bond acceptors (Lipinski definition) is 5. The number of aryl methyl sites for hydroxylation is 2. The predicted octanol–water partition coefficient (Wildman–Crippen LogP) is 3.83. The van der Waals surface area contributed by atoms with E-state index >= 15 is 0 Å². The van der Waals surface area contributed by atoms with Crippen LogP contribution in [0.15, 0.2) is 18.2 Å². The van der Waals surface area contributed by atoms with Gasteiger partial charge in [-0.05, 0) is 36.6 Å². The van der Waals surface area contributed by atoms with E-state index in [1.54, 1.807) is 0 Å². The molecule has 1 heterocycles. The molecule has 2 rings (SSSR count). The highest BCUT2D eigenvalue weighted by atomic mass is 35.5. The molecular formula is C13H12ClF3N4O. The molecule has 0 amide bonds. The topological polar surface area (TPSA) is 59.9 Å². The van der Waals surface area contributed by atoms with Crippen molar-refractivity contribution in [1.29, 1.82) is 0 Å². The molecule has 9 heteroatoms. The molecule has 0 saturated carbocycles. The van der Waals surface area contributed by atoms with Gasteiger partial charge in [-0.1, -0.05) is 18.2 Å². The molecule has 0 aliphatic rings. The van der Waals surface area contributed by atoms with Crippen LogP contribution in [0.3, 0.4) is 0 Å². The zero-order chi connectivity index (χ0) is 16.3. The maximum atomic E-state index is 12.2. The molecule has 0 spiro atoms. The van der Waals surface area contributed by atoms with E-state index < -0.39 is 18.8 Å². The van der Waals surface area contributed by atoms with Crippen molar-refractivity contribution in [3.63, 3.8) is 0 Å². The molecule has 0 fully saturated rings. The predicted molar refractivity (Wildman–Crippen MR) is 75.6 cm³/mol. The summed E-state index contributed by atoms with van der Waals surface area (Å²) in [5.41, 5.74) is 2.59. The third-order valence-electron chi connectivity index (χ3n) is 2.67. The fourth-order valence-electron chi connectivity index (χ4n) is 1.72. The molecule has 1 aromatic carbocycles. The summed E-state index contributed by atoms with van der Waals surface area (Å²) in [5.74, 6) is 0.00887. The summed E-state index contributed by atoms with van der Waals surface area (Å²) in [6.07, 6.45) is -4.49. The van der Waals surface area contributed by atoms with E-state index in [1.165, 1.54) is 0 Å². The van der Waals surface area contributed by atoms with E-state index in [4.69, 9.17) is 11.6 Å². The zero-order valence-electron chi connectivity index (χ0n) is 11.7. The molecule has 1 N–H and O–H groups in total. The molecular weight excluding hydrogens is 321 g/mol. The van der Waals surface area contributed by atoms with Gasteiger partial charge in [-0.15, -0.1) is 0 Å². The second-order valence-electron chi connectivity index (χ2n) is 4.51. The number of hydrogen-bond donors (Lipinski definition) is 1. The van der Waals surface area contributed by atoms with Gasteiger partial charge in [0.2, 0.25) is 11.2 Å². The highest BCUT2D eigenvalue weighted by Gasteiger charge is 2.29. The minimum absolute atomic E-state index is 0.00887. The van der Waals surface area contributed by atoms with Crippen LogP contribution in [0.25, 0.3) is 0 Å². The molecule has 0 saturated heterocycles. The van der Waals surface area contributed by atoms with Crippen LogP contribution < -0.4 is 10.1 Å². The Morgan fingerprint density at radius 1 is 1.14 bits per heavy atom. The van der Waals surface area contributed by atoms with Gasteiger partial charge in [0.25, 0.3) is 0 Å². The first-order valence-electron chi connectivity index (χ1n) is 6.19. The monoisotopic (exact) mass is 332 g/mol. The first kappa shape index (κ1) is 16.3. The number of ether oxygens (including phenoxy) is 1. The van der Waals surface area contributed by atoms with E-state index in [0.717, 1.165) is 16.8 Å². The third kappa shape index (κ3) is 4.45. The summed E-state index contributed by atoms with van der Waals surface area (Å²) in [7, 11) is 0. The number of rotatable bonds is 4. The lowest BCUT2D eigenvalue weighted by atomic mass is 10.1. The van der Waals surface area contributed by atoms with E-state index in [1.807, 2.05) is 32.0 Å². The molecule has 2 aromatic rings. The van der Waals surface area contributed by atoms with Crippen molar-refractivity contribution in [3.8, 4) is 6.01 Å².